The maximum Gasteiger partial charge on any atom is 0.337 e. The number of amides is 1. The Hall–Kier alpha value is -2.82. The lowest BCUT2D eigenvalue weighted by molar-refractivity contribution is -0.116. The van der Waals surface area contributed by atoms with Crippen molar-refractivity contribution >= 4 is 17.6 Å². The summed E-state index contributed by atoms with van der Waals surface area (Å²) in [6, 6.07) is 11.7. The Morgan fingerprint density at radius 2 is 1.63 bits per heavy atom. The van der Waals surface area contributed by atoms with Crippen LogP contribution in [0.15, 0.2) is 36.4 Å². The number of rotatable bonds is 9. The summed E-state index contributed by atoms with van der Waals surface area (Å²) in [7, 11) is 0. The lowest BCUT2D eigenvalue weighted by Gasteiger charge is -2.15. The van der Waals surface area contributed by atoms with Crippen LogP contribution >= 0.6 is 0 Å². The Bertz CT molecular complexity index is 956. The third kappa shape index (κ3) is 4.50. The van der Waals surface area contributed by atoms with Gasteiger partial charge in [-0.25, -0.2) is 4.79 Å². The van der Waals surface area contributed by atoms with E-state index < -0.39 is 5.97 Å². The highest BCUT2D eigenvalue weighted by atomic mass is 16.5. The fourth-order valence-corrected chi connectivity index (χ4v) is 3.96. The molecule has 0 atom stereocenters. The van der Waals surface area contributed by atoms with Gasteiger partial charge in [0.1, 0.15) is 5.75 Å². The van der Waals surface area contributed by atoms with E-state index in [0.717, 1.165) is 12.8 Å². The third-order valence-electron chi connectivity index (χ3n) is 6.11. The summed E-state index contributed by atoms with van der Waals surface area (Å²) in [5.74, 6) is 0.575. The predicted octanol–water partition coefficient (Wildman–Crippen LogP) is 5.25. The number of aromatic carboxylic acids is 1. The fraction of sp³-hybridized carbons (Fsp3) is 0.440. The molecule has 0 aromatic heterocycles. The standard InChI is InChI=1S/C25H27NO4/c27-23(26-24-21(25(28)29)2-1-3-22(24)30-20-9-10-20)11-4-15-12-18(16-5-6-16)14-19(13-15)17-7-8-17/h1-3,12-14,16-17,20H,4-11H2,(H,26,27)(H,28,29). The second-order valence-corrected chi connectivity index (χ2v) is 8.91. The van der Waals surface area contributed by atoms with E-state index in [1.54, 1.807) is 12.1 Å². The van der Waals surface area contributed by atoms with Gasteiger partial charge in [0, 0.05) is 6.42 Å². The molecule has 5 heteroatoms. The van der Waals surface area contributed by atoms with Crippen LogP contribution in [0.4, 0.5) is 5.69 Å². The van der Waals surface area contributed by atoms with Gasteiger partial charge < -0.3 is 15.2 Å². The van der Waals surface area contributed by atoms with Crippen molar-refractivity contribution in [2.45, 2.75) is 69.3 Å². The topological polar surface area (TPSA) is 75.6 Å². The first-order valence-electron chi connectivity index (χ1n) is 11.0. The van der Waals surface area contributed by atoms with Gasteiger partial charge in [-0.3, -0.25) is 4.79 Å². The van der Waals surface area contributed by atoms with Crippen LogP contribution in [-0.4, -0.2) is 23.1 Å². The van der Waals surface area contributed by atoms with Crippen molar-refractivity contribution in [3.05, 3.63) is 58.7 Å². The van der Waals surface area contributed by atoms with Crippen LogP contribution in [0.5, 0.6) is 5.75 Å². The molecule has 3 aliphatic rings. The largest absolute Gasteiger partial charge is 0.488 e. The first-order valence-corrected chi connectivity index (χ1v) is 11.0. The summed E-state index contributed by atoms with van der Waals surface area (Å²) in [4.78, 5) is 24.4. The SMILES string of the molecule is O=C(CCc1cc(C2CC2)cc(C2CC2)c1)Nc1c(OC2CC2)cccc1C(=O)O. The van der Waals surface area contributed by atoms with Gasteiger partial charge in [-0.1, -0.05) is 24.3 Å². The number of para-hydroxylation sites is 1. The number of ether oxygens (including phenoxy) is 1. The zero-order valence-corrected chi connectivity index (χ0v) is 17.0. The Morgan fingerprint density at radius 3 is 2.20 bits per heavy atom. The average Bonchev–Trinajstić information content (AvgIpc) is 3.56. The second-order valence-electron chi connectivity index (χ2n) is 8.91. The Morgan fingerprint density at radius 1 is 0.967 bits per heavy atom. The zero-order valence-electron chi connectivity index (χ0n) is 17.0. The molecule has 5 nitrogen and oxygen atoms in total. The van der Waals surface area contributed by atoms with E-state index in [-0.39, 0.29) is 23.3 Å². The second kappa shape index (κ2) is 7.78. The van der Waals surface area contributed by atoms with E-state index in [4.69, 9.17) is 4.74 Å². The molecular weight excluding hydrogens is 378 g/mol. The highest BCUT2D eigenvalue weighted by molar-refractivity contribution is 6.02. The van der Waals surface area contributed by atoms with Crippen LogP contribution in [0.25, 0.3) is 0 Å². The molecule has 2 N–H and O–H groups in total. The van der Waals surface area contributed by atoms with E-state index in [1.165, 1.54) is 48.4 Å². The maximum atomic E-state index is 12.7. The molecule has 2 aromatic carbocycles. The van der Waals surface area contributed by atoms with Gasteiger partial charge in [-0.15, -0.1) is 0 Å². The summed E-state index contributed by atoms with van der Waals surface area (Å²) >= 11 is 0. The van der Waals surface area contributed by atoms with Gasteiger partial charge in [0.05, 0.1) is 17.4 Å². The zero-order chi connectivity index (χ0) is 20.7. The first-order chi connectivity index (χ1) is 14.6. The van der Waals surface area contributed by atoms with Crippen LogP contribution in [0.1, 0.15) is 83.8 Å². The van der Waals surface area contributed by atoms with Crippen LogP contribution in [0.2, 0.25) is 0 Å². The molecule has 0 heterocycles. The summed E-state index contributed by atoms with van der Waals surface area (Å²) in [5.41, 5.74) is 4.38. The summed E-state index contributed by atoms with van der Waals surface area (Å²) in [6.45, 7) is 0. The highest BCUT2D eigenvalue weighted by Gasteiger charge is 2.29. The van der Waals surface area contributed by atoms with E-state index in [9.17, 15) is 14.7 Å². The summed E-state index contributed by atoms with van der Waals surface area (Å²) in [5, 5.41) is 12.3. The highest BCUT2D eigenvalue weighted by Crippen LogP contribution is 2.45. The average molecular weight is 405 g/mol. The molecular formula is C25H27NO4. The quantitative estimate of drug-likeness (QED) is 0.597. The minimum Gasteiger partial charge on any atom is -0.488 e. The van der Waals surface area contributed by atoms with E-state index >= 15 is 0 Å². The monoisotopic (exact) mass is 405 g/mol. The molecule has 0 spiro atoms. The van der Waals surface area contributed by atoms with Crippen LogP contribution < -0.4 is 10.1 Å². The molecule has 2 aromatic rings. The van der Waals surface area contributed by atoms with Crippen LogP contribution in [0.3, 0.4) is 0 Å². The number of carbonyl (C=O) groups is 2. The predicted molar refractivity (Wildman–Crippen MR) is 114 cm³/mol. The number of carboxylic acid groups (broad SMARTS) is 1. The molecule has 3 aliphatic carbocycles. The molecule has 0 aliphatic heterocycles. The summed E-state index contributed by atoms with van der Waals surface area (Å²) in [6.07, 6.45) is 8.09. The Kier molecular flexibility index (Phi) is 4.97. The van der Waals surface area contributed by atoms with Gasteiger partial charge in [0.25, 0.3) is 0 Å². The number of benzene rings is 2. The van der Waals surface area contributed by atoms with Gasteiger partial charge in [0.2, 0.25) is 5.91 Å². The molecule has 3 fully saturated rings. The third-order valence-corrected chi connectivity index (χ3v) is 6.11. The number of hydrogen-bond acceptors (Lipinski definition) is 3. The Labute approximate surface area is 176 Å². The molecule has 3 saturated carbocycles. The normalized spacial score (nSPS) is 18.1. The van der Waals surface area contributed by atoms with Gasteiger partial charge in [0.15, 0.2) is 0 Å². The minimum atomic E-state index is -1.07. The van der Waals surface area contributed by atoms with Crippen LogP contribution in [-0.2, 0) is 11.2 Å². The maximum absolute atomic E-state index is 12.7. The van der Waals surface area contributed by atoms with Crippen molar-refractivity contribution < 1.29 is 19.4 Å². The van der Waals surface area contributed by atoms with E-state index in [1.807, 2.05) is 0 Å². The van der Waals surface area contributed by atoms with Gasteiger partial charge in [-0.05, 0) is 85.6 Å². The van der Waals surface area contributed by atoms with E-state index in [0.29, 0.717) is 30.4 Å². The molecule has 0 radical (unpaired) electrons. The van der Waals surface area contributed by atoms with Crippen molar-refractivity contribution in [1.82, 2.24) is 0 Å². The summed E-state index contributed by atoms with van der Waals surface area (Å²) < 4.78 is 5.83. The molecule has 30 heavy (non-hydrogen) atoms. The number of hydrogen-bond donors (Lipinski definition) is 2. The molecule has 0 saturated heterocycles. The number of carboxylic acids is 1. The van der Waals surface area contributed by atoms with Crippen molar-refractivity contribution in [3.8, 4) is 5.75 Å². The van der Waals surface area contributed by atoms with Gasteiger partial charge >= 0.3 is 5.97 Å². The fourth-order valence-electron chi connectivity index (χ4n) is 3.96. The smallest absolute Gasteiger partial charge is 0.337 e. The van der Waals surface area contributed by atoms with Crippen molar-refractivity contribution in [2.75, 3.05) is 5.32 Å². The first kappa shape index (κ1) is 19.2. The number of aryl methyl sites for hydroxylation is 1. The van der Waals surface area contributed by atoms with Crippen molar-refractivity contribution in [1.29, 1.82) is 0 Å². The van der Waals surface area contributed by atoms with Crippen LogP contribution in [0, 0.1) is 0 Å². The number of carbonyl (C=O) groups excluding carboxylic acids is 1. The molecule has 5 rings (SSSR count). The lowest BCUT2D eigenvalue weighted by atomic mass is 9.97. The molecule has 156 valence electrons. The molecule has 0 unspecified atom stereocenters. The number of nitrogens with one attached hydrogen (secondary N) is 1. The lowest BCUT2D eigenvalue weighted by Crippen LogP contribution is -2.16. The van der Waals surface area contributed by atoms with Crippen molar-refractivity contribution in [2.24, 2.45) is 0 Å². The van der Waals surface area contributed by atoms with E-state index in [2.05, 4.69) is 23.5 Å². The van der Waals surface area contributed by atoms with Crippen molar-refractivity contribution in [3.63, 3.8) is 0 Å². The molecule has 1 amide bonds. The minimum absolute atomic E-state index is 0.0632. The van der Waals surface area contributed by atoms with Gasteiger partial charge in [-0.2, -0.15) is 0 Å². The Balaban J connectivity index is 1.29. The number of anilines is 1. The molecule has 0 bridgehead atoms.